The van der Waals surface area contributed by atoms with Gasteiger partial charge in [-0.25, -0.2) is 0 Å². The van der Waals surface area contributed by atoms with Crippen LogP contribution in [0.4, 0.5) is 0 Å². The zero-order chi connectivity index (χ0) is 14.7. The van der Waals surface area contributed by atoms with Gasteiger partial charge in [-0.15, -0.1) is 0 Å². The molecule has 0 spiro atoms. The summed E-state index contributed by atoms with van der Waals surface area (Å²) in [5, 5.41) is 2.61. The number of Topliss-reactive ketones (excluding diaryl/α,β-unsaturated/α-hetero) is 2. The van der Waals surface area contributed by atoms with Crippen LogP contribution in [0.1, 0.15) is 35.7 Å². The van der Waals surface area contributed by atoms with Crippen molar-refractivity contribution in [3.63, 3.8) is 0 Å². The van der Waals surface area contributed by atoms with Crippen LogP contribution in [-0.2, 0) is 9.59 Å². The minimum Gasteiger partial charge on any atom is -0.493 e. The largest absolute Gasteiger partial charge is 0.493 e. The van der Waals surface area contributed by atoms with Crippen molar-refractivity contribution in [1.29, 1.82) is 0 Å². The van der Waals surface area contributed by atoms with Crippen molar-refractivity contribution in [2.75, 3.05) is 6.61 Å². The molecule has 1 aromatic rings. The molecule has 0 saturated heterocycles. The fourth-order valence-corrected chi connectivity index (χ4v) is 2.18. The summed E-state index contributed by atoms with van der Waals surface area (Å²) < 4.78 is 5.53. The smallest absolute Gasteiger partial charge is 0.228 e. The van der Waals surface area contributed by atoms with E-state index >= 15 is 0 Å². The van der Waals surface area contributed by atoms with Crippen molar-refractivity contribution < 1.29 is 19.1 Å². The number of hydrogen-bond donors (Lipinski definition) is 1. The lowest BCUT2D eigenvalue weighted by molar-refractivity contribution is -0.127. The Bertz CT molecular complexity index is 565. The Balaban J connectivity index is 2.18. The number of fused-ring (bicyclic) bond motifs is 1. The normalized spacial score (nSPS) is 17.7. The third-order valence-electron chi connectivity index (χ3n) is 3.13. The van der Waals surface area contributed by atoms with Crippen LogP contribution in [0.2, 0.25) is 0 Å². The van der Waals surface area contributed by atoms with Crippen LogP contribution < -0.4 is 10.1 Å². The minimum atomic E-state index is -0.634. The first kappa shape index (κ1) is 14.2. The predicted octanol–water partition coefficient (Wildman–Crippen LogP) is 1.42. The Morgan fingerprint density at radius 1 is 1.40 bits per heavy atom. The molecule has 1 unspecified atom stereocenters. The standard InChI is InChI=1S/C15H17NO4/c1-9-3-4-13-11(7-9)15(19)12(5-6-20-13)16-14(18)8-10(2)17/h3-4,7,12H,5-6,8H2,1-2H3,(H,16,18). The van der Waals surface area contributed by atoms with Crippen LogP contribution in [0, 0.1) is 6.92 Å². The first-order chi connectivity index (χ1) is 9.47. The summed E-state index contributed by atoms with van der Waals surface area (Å²) in [5.41, 5.74) is 1.44. The lowest BCUT2D eigenvalue weighted by atomic mass is 10.00. The van der Waals surface area contributed by atoms with Gasteiger partial charge in [-0.2, -0.15) is 0 Å². The average Bonchev–Trinajstić information content (AvgIpc) is 2.50. The van der Waals surface area contributed by atoms with Crippen LogP contribution in [0.5, 0.6) is 5.75 Å². The third-order valence-corrected chi connectivity index (χ3v) is 3.13. The highest BCUT2D eigenvalue weighted by Gasteiger charge is 2.27. The van der Waals surface area contributed by atoms with Crippen molar-refractivity contribution >= 4 is 17.5 Å². The van der Waals surface area contributed by atoms with Crippen LogP contribution in [0.25, 0.3) is 0 Å². The molecule has 1 aliphatic heterocycles. The molecule has 0 radical (unpaired) electrons. The van der Waals surface area contributed by atoms with Crippen LogP contribution >= 0.6 is 0 Å². The molecule has 0 bridgehead atoms. The monoisotopic (exact) mass is 275 g/mol. The molecule has 0 aromatic heterocycles. The van der Waals surface area contributed by atoms with E-state index in [0.717, 1.165) is 5.56 Å². The first-order valence-corrected chi connectivity index (χ1v) is 6.54. The minimum absolute atomic E-state index is 0.168. The van der Waals surface area contributed by atoms with Gasteiger partial charge in [0.25, 0.3) is 0 Å². The van der Waals surface area contributed by atoms with Gasteiger partial charge in [0.15, 0.2) is 5.78 Å². The Hall–Kier alpha value is -2.17. The maximum Gasteiger partial charge on any atom is 0.228 e. The van der Waals surface area contributed by atoms with Crippen molar-refractivity contribution in [3.05, 3.63) is 29.3 Å². The molecule has 106 valence electrons. The number of rotatable bonds is 3. The third kappa shape index (κ3) is 3.23. The predicted molar refractivity (Wildman–Crippen MR) is 72.9 cm³/mol. The number of nitrogens with one attached hydrogen (secondary N) is 1. The summed E-state index contributed by atoms with van der Waals surface area (Å²) >= 11 is 0. The fourth-order valence-electron chi connectivity index (χ4n) is 2.18. The van der Waals surface area contributed by atoms with E-state index in [9.17, 15) is 14.4 Å². The lowest BCUT2D eigenvalue weighted by Crippen LogP contribution is -2.41. The Morgan fingerprint density at radius 2 is 2.15 bits per heavy atom. The molecule has 5 nitrogen and oxygen atoms in total. The second kappa shape index (κ2) is 5.86. The van der Waals surface area contributed by atoms with Crippen molar-refractivity contribution in [3.8, 4) is 5.75 Å². The molecule has 1 N–H and O–H groups in total. The Kier molecular flexibility index (Phi) is 4.17. The van der Waals surface area contributed by atoms with Crippen molar-refractivity contribution in [2.24, 2.45) is 0 Å². The van der Waals surface area contributed by atoms with E-state index in [1.165, 1.54) is 6.92 Å². The number of carbonyl (C=O) groups is 3. The SMILES string of the molecule is CC(=O)CC(=O)NC1CCOc2ccc(C)cc2C1=O. The van der Waals surface area contributed by atoms with E-state index in [2.05, 4.69) is 5.32 Å². The zero-order valence-electron chi connectivity index (χ0n) is 11.6. The van der Waals surface area contributed by atoms with E-state index < -0.39 is 11.9 Å². The topological polar surface area (TPSA) is 72.5 Å². The molecule has 2 rings (SSSR count). The summed E-state index contributed by atoms with van der Waals surface area (Å²) in [6.45, 7) is 3.59. The van der Waals surface area contributed by atoms with E-state index in [4.69, 9.17) is 4.74 Å². The molecule has 1 heterocycles. The van der Waals surface area contributed by atoms with Gasteiger partial charge >= 0.3 is 0 Å². The molecule has 0 fully saturated rings. The lowest BCUT2D eigenvalue weighted by Gasteiger charge is -2.14. The number of hydrogen-bond acceptors (Lipinski definition) is 4. The first-order valence-electron chi connectivity index (χ1n) is 6.54. The van der Waals surface area contributed by atoms with Gasteiger partial charge in [-0.1, -0.05) is 11.6 Å². The summed E-state index contributed by atoms with van der Waals surface area (Å²) in [6, 6.07) is 4.76. The summed E-state index contributed by atoms with van der Waals surface area (Å²) in [4.78, 5) is 35.0. The van der Waals surface area contributed by atoms with E-state index in [1.54, 1.807) is 12.1 Å². The Morgan fingerprint density at radius 3 is 2.85 bits per heavy atom. The van der Waals surface area contributed by atoms with E-state index in [-0.39, 0.29) is 18.0 Å². The number of amides is 1. The molecule has 20 heavy (non-hydrogen) atoms. The van der Waals surface area contributed by atoms with Gasteiger partial charge in [0.05, 0.1) is 24.6 Å². The molecule has 1 aliphatic rings. The number of aryl methyl sites for hydroxylation is 1. The fraction of sp³-hybridized carbons (Fsp3) is 0.400. The van der Waals surface area contributed by atoms with Gasteiger partial charge in [-0.05, 0) is 26.0 Å². The summed E-state index contributed by atoms with van der Waals surface area (Å²) in [7, 11) is 0. The maximum atomic E-state index is 12.4. The van der Waals surface area contributed by atoms with Gasteiger partial charge < -0.3 is 10.1 Å². The highest BCUT2D eigenvalue weighted by molar-refractivity contribution is 6.05. The van der Waals surface area contributed by atoms with E-state index in [1.807, 2.05) is 13.0 Å². The van der Waals surface area contributed by atoms with E-state index in [0.29, 0.717) is 24.3 Å². The van der Waals surface area contributed by atoms with Gasteiger partial charge in [0, 0.05) is 6.42 Å². The molecule has 1 amide bonds. The summed E-state index contributed by atoms with van der Waals surface area (Å²) in [6.07, 6.45) is 0.196. The Labute approximate surface area is 117 Å². The molecular formula is C15H17NO4. The average molecular weight is 275 g/mol. The van der Waals surface area contributed by atoms with Crippen LogP contribution in [-0.4, -0.2) is 30.1 Å². The number of ether oxygens (including phenoxy) is 1. The zero-order valence-corrected chi connectivity index (χ0v) is 11.6. The summed E-state index contributed by atoms with van der Waals surface area (Å²) in [5.74, 6) is -0.273. The molecule has 1 atom stereocenters. The molecule has 0 saturated carbocycles. The van der Waals surface area contributed by atoms with Gasteiger partial charge in [-0.3, -0.25) is 14.4 Å². The second-order valence-corrected chi connectivity index (χ2v) is 5.00. The van der Waals surface area contributed by atoms with Crippen molar-refractivity contribution in [2.45, 2.75) is 32.7 Å². The highest BCUT2D eigenvalue weighted by atomic mass is 16.5. The van der Waals surface area contributed by atoms with Crippen LogP contribution in [0.3, 0.4) is 0 Å². The number of benzene rings is 1. The molecule has 5 heteroatoms. The van der Waals surface area contributed by atoms with Gasteiger partial charge in [0.2, 0.25) is 5.91 Å². The molecular weight excluding hydrogens is 258 g/mol. The quantitative estimate of drug-likeness (QED) is 0.847. The maximum absolute atomic E-state index is 12.4. The molecule has 1 aromatic carbocycles. The highest BCUT2D eigenvalue weighted by Crippen LogP contribution is 2.25. The number of carbonyl (C=O) groups excluding carboxylic acids is 3. The van der Waals surface area contributed by atoms with Crippen molar-refractivity contribution in [1.82, 2.24) is 5.32 Å². The second-order valence-electron chi connectivity index (χ2n) is 5.00. The van der Waals surface area contributed by atoms with Gasteiger partial charge in [0.1, 0.15) is 11.5 Å². The van der Waals surface area contributed by atoms with Crippen LogP contribution in [0.15, 0.2) is 18.2 Å². The molecule has 0 aliphatic carbocycles. The number of ketones is 2.